The molecular formula is C20H19NO4S. The van der Waals surface area contributed by atoms with Gasteiger partial charge in [-0.15, -0.1) is 0 Å². The molecule has 134 valence electrons. The zero-order chi connectivity index (χ0) is 18.5. The maximum atomic E-state index is 12.4. The molecule has 0 radical (unpaired) electrons. The maximum absolute atomic E-state index is 12.4. The molecule has 26 heavy (non-hydrogen) atoms. The van der Waals surface area contributed by atoms with Crippen molar-refractivity contribution in [2.45, 2.75) is 25.3 Å². The van der Waals surface area contributed by atoms with Crippen molar-refractivity contribution in [1.29, 1.82) is 0 Å². The van der Waals surface area contributed by atoms with E-state index in [9.17, 15) is 9.00 Å². The summed E-state index contributed by atoms with van der Waals surface area (Å²) in [6, 6.07) is 14.6. The van der Waals surface area contributed by atoms with Crippen LogP contribution >= 0.6 is 0 Å². The molecule has 0 amide bonds. The first kappa shape index (κ1) is 18.1. The lowest BCUT2D eigenvalue weighted by atomic mass is 10.1. The highest BCUT2D eigenvalue weighted by molar-refractivity contribution is 7.85. The first-order valence-electron chi connectivity index (χ1n) is 8.24. The molecule has 0 bridgehead atoms. The molecule has 1 heterocycles. The van der Waals surface area contributed by atoms with Gasteiger partial charge in [0, 0.05) is 11.3 Å². The van der Waals surface area contributed by atoms with Gasteiger partial charge in [0.2, 0.25) is 5.89 Å². The van der Waals surface area contributed by atoms with Crippen LogP contribution in [0.5, 0.6) is 0 Å². The Bertz CT molecular complexity index is 931. The van der Waals surface area contributed by atoms with Crippen molar-refractivity contribution >= 4 is 16.8 Å². The minimum absolute atomic E-state index is 0.0126. The lowest BCUT2D eigenvalue weighted by Gasteiger charge is -2.07. The van der Waals surface area contributed by atoms with Gasteiger partial charge in [-0.05, 0) is 31.2 Å². The summed E-state index contributed by atoms with van der Waals surface area (Å²) in [7, 11) is -1.23. The summed E-state index contributed by atoms with van der Waals surface area (Å²) in [6.45, 7) is 3.80. The fourth-order valence-electron chi connectivity index (χ4n) is 2.41. The number of nitrogens with zero attached hydrogens (tertiary/aromatic N) is 1. The third-order valence-electron chi connectivity index (χ3n) is 3.82. The van der Waals surface area contributed by atoms with E-state index in [2.05, 4.69) is 4.98 Å². The normalized spacial score (nSPS) is 11.9. The third-order valence-corrected chi connectivity index (χ3v) is 5.19. The smallest absolute Gasteiger partial charge is 0.339 e. The number of carbonyl (C=O) groups is 1. The van der Waals surface area contributed by atoms with Gasteiger partial charge in [0.05, 0.1) is 21.3 Å². The second-order valence-electron chi connectivity index (χ2n) is 5.72. The third kappa shape index (κ3) is 4.08. The first-order chi connectivity index (χ1) is 12.6. The molecule has 1 atom stereocenters. The fraction of sp³-hybridized carbons (Fsp3) is 0.200. The molecule has 0 spiro atoms. The molecular weight excluding hydrogens is 350 g/mol. The minimum Gasteiger partial charge on any atom is -0.455 e. The number of hydrogen-bond acceptors (Lipinski definition) is 5. The zero-order valence-corrected chi connectivity index (χ0v) is 15.4. The SMILES string of the molecule is CCS(=O)c1ccccc1C(=O)OCc1coc(-c2ccc(C)cc2)n1. The summed E-state index contributed by atoms with van der Waals surface area (Å²) in [6.07, 6.45) is 1.47. The van der Waals surface area contributed by atoms with Crippen molar-refractivity contribution in [1.82, 2.24) is 4.98 Å². The van der Waals surface area contributed by atoms with Gasteiger partial charge in [-0.25, -0.2) is 9.78 Å². The van der Waals surface area contributed by atoms with Crippen LogP contribution in [0.25, 0.3) is 11.5 Å². The Kier molecular flexibility index (Phi) is 5.63. The van der Waals surface area contributed by atoms with E-state index in [4.69, 9.17) is 9.15 Å². The van der Waals surface area contributed by atoms with Crippen LogP contribution < -0.4 is 0 Å². The summed E-state index contributed by atoms with van der Waals surface area (Å²) in [5.74, 6) is 0.388. The van der Waals surface area contributed by atoms with E-state index in [1.54, 1.807) is 31.2 Å². The molecule has 3 rings (SSSR count). The average Bonchev–Trinajstić information content (AvgIpc) is 3.15. The molecule has 0 saturated heterocycles. The highest BCUT2D eigenvalue weighted by Crippen LogP contribution is 2.20. The van der Waals surface area contributed by atoms with Crippen LogP contribution in [-0.2, 0) is 22.1 Å². The van der Waals surface area contributed by atoms with Crippen LogP contribution in [0.3, 0.4) is 0 Å². The van der Waals surface area contributed by atoms with E-state index in [0.717, 1.165) is 11.1 Å². The Hall–Kier alpha value is -2.73. The van der Waals surface area contributed by atoms with Crippen LogP contribution in [0.2, 0.25) is 0 Å². The van der Waals surface area contributed by atoms with E-state index in [1.165, 1.54) is 6.26 Å². The molecule has 3 aromatic rings. The monoisotopic (exact) mass is 369 g/mol. The van der Waals surface area contributed by atoms with Crippen molar-refractivity contribution < 1.29 is 18.2 Å². The van der Waals surface area contributed by atoms with Gasteiger partial charge in [-0.3, -0.25) is 4.21 Å². The van der Waals surface area contributed by atoms with Gasteiger partial charge in [-0.2, -0.15) is 0 Å². The second kappa shape index (κ2) is 8.10. The number of aromatic nitrogens is 1. The highest BCUT2D eigenvalue weighted by Gasteiger charge is 2.17. The molecule has 0 aliphatic carbocycles. The van der Waals surface area contributed by atoms with Crippen molar-refractivity contribution in [2.75, 3.05) is 5.75 Å². The van der Waals surface area contributed by atoms with E-state index in [0.29, 0.717) is 27.8 Å². The predicted octanol–water partition coefficient (Wildman–Crippen LogP) is 4.13. The molecule has 0 aliphatic rings. The summed E-state index contributed by atoms with van der Waals surface area (Å²) in [5.41, 5.74) is 2.84. The van der Waals surface area contributed by atoms with Gasteiger partial charge in [0.15, 0.2) is 0 Å². The Morgan fingerprint density at radius 3 is 2.62 bits per heavy atom. The van der Waals surface area contributed by atoms with Crippen LogP contribution in [-0.4, -0.2) is 20.9 Å². The Balaban J connectivity index is 1.69. The first-order valence-corrected chi connectivity index (χ1v) is 9.56. The molecule has 0 fully saturated rings. The van der Waals surface area contributed by atoms with Gasteiger partial charge in [0.1, 0.15) is 18.6 Å². The van der Waals surface area contributed by atoms with Gasteiger partial charge < -0.3 is 9.15 Å². The highest BCUT2D eigenvalue weighted by atomic mass is 32.2. The molecule has 2 aromatic carbocycles. The van der Waals surface area contributed by atoms with E-state index < -0.39 is 16.8 Å². The van der Waals surface area contributed by atoms with Crippen molar-refractivity contribution in [3.8, 4) is 11.5 Å². The lowest BCUT2D eigenvalue weighted by molar-refractivity contribution is 0.0463. The Labute approximate surface area is 154 Å². The van der Waals surface area contributed by atoms with Crippen LogP contribution in [0.15, 0.2) is 64.1 Å². The van der Waals surface area contributed by atoms with E-state index in [1.807, 2.05) is 31.2 Å². The van der Waals surface area contributed by atoms with Crippen LogP contribution in [0, 0.1) is 6.92 Å². The minimum atomic E-state index is -1.23. The van der Waals surface area contributed by atoms with Crippen LogP contribution in [0.1, 0.15) is 28.5 Å². The summed E-state index contributed by atoms with van der Waals surface area (Å²) < 4.78 is 22.9. The van der Waals surface area contributed by atoms with Crippen LogP contribution in [0.4, 0.5) is 0 Å². The molecule has 6 heteroatoms. The number of aryl methyl sites for hydroxylation is 1. The number of esters is 1. The fourth-order valence-corrected chi connectivity index (χ4v) is 3.35. The number of oxazole rings is 1. The standard InChI is InChI=1S/C20H19NO4S/c1-3-26(23)18-7-5-4-6-17(18)20(22)25-13-16-12-24-19(21-16)15-10-8-14(2)9-11-15/h4-12H,3,13H2,1-2H3. The summed E-state index contributed by atoms with van der Waals surface area (Å²) >= 11 is 0. The van der Waals surface area contributed by atoms with Gasteiger partial charge in [0.25, 0.3) is 0 Å². The molecule has 0 aliphatic heterocycles. The van der Waals surface area contributed by atoms with Gasteiger partial charge in [-0.1, -0.05) is 36.8 Å². The molecule has 1 aromatic heterocycles. The average molecular weight is 369 g/mol. The number of hydrogen-bond donors (Lipinski definition) is 0. The molecule has 0 saturated carbocycles. The maximum Gasteiger partial charge on any atom is 0.339 e. The predicted molar refractivity (Wildman–Crippen MR) is 99.2 cm³/mol. The van der Waals surface area contributed by atoms with Crippen molar-refractivity contribution in [3.05, 3.63) is 71.6 Å². The molecule has 5 nitrogen and oxygen atoms in total. The Morgan fingerprint density at radius 1 is 1.15 bits per heavy atom. The largest absolute Gasteiger partial charge is 0.455 e. The zero-order valence-electron chi connectivity index (χ0n) is 14.6. The summed E-state index contributed by atoms with van der Waals surface area (Å²) in [4.78, 5) is 17.2. The van der Waals surface area contributed by atoms with E-state index >= 15 is 0 Å². The Morgan fingerprint density at radius 2 is 1.88 bits per heavy atom. The van der Waals surface area contributed by atoms with Crippen molar-refractivity contribution in [2.24, 2.45) is 0 Å². The van der Waals surface area contributed by atoms with Crippen molar-refractivity contribution in [3.63, 3.8) is 0 Å². The van der Waals surface area contributed by atoms with Gasteiger partial charge >= 0.3 is 5.97 Å². The number of rotatable bonds is 6. The number of carbonyl (C=O) groups excluding carboxylic acids is 1. The number of benzene rings is 2. The summed E-state index contributed by atoms with van der Waals surface area (Å²) in [5, 5.41) is 0. The quantitative estimate of drug-likeness (QED) is 0.611. The second-order valence-corrected chi connectivity index (χ2v) is 7.42. The van der Waals surface area contributed by atoms with E-state index in [-0.39, 0.29) is 6.61 Å². The lowest BCUT2D eigenvalue weighted by Crippen LogP contribution is -2.10. The topological polar surface area (TPSA) is 69.4 Å². The number of ether oxygens (including phenoxy) is 1. The molecule has 1 unspecified atom stereocenters. The molecule has 0 N–H and O–H groups in total.